The van der Waals surface area contributed by atoms with Crippen molar-refractivity contribution in [2.75, 3.05) is 19.6 Å². The molecular formula is C10H22N2O2. The van der Waals surface area contributed by atoms with Crippen molar-refractivity contribution in [1.29, 1.82) is 0 Å². The molecule has 0 aliphatic carbocycles. The Bertz CT molecular complexity index is 149. The van der Waals surface area contributed by atoms with Gasteiger partial charge in [-0.15, -0.1) is 0 Å². The summed E-state index contributed by atoms with van der Waals surface area (Å²) in [6.45, 7) is 11.5. The van der Waals surface area contributed by atoms with Crippen LogP contribution in [0.25, 0.3) is 0 Å². The fourth-order valence-electron chi connectivity index (χ4n) is 0.942. The van der Waals surface area contributed by atoms with E-state index in [1.165, 1.54) is 0 Å². The molecule has 4 nitrogen and oxygen atoms in total. The van der Waals surface area contributed by atoms with Crippen molar-refractivity contribution in [3.05, 3.63) is 0 Å². The van der Waals surface area contributed by atoms with Gasteiger partial charge in [-0.25, -0.2) is 0 Å². The number of nitrogens with one attached hydrogen (secondary N) is 2. The third-order valence-electron chi connectivity index (χ3n) is 1.65. The number of carbonyl (C=O) groups excluding carboxylic acids is 1. The van der Waals surface area contributed by atoms with Gasteiger partial charge in [-0.05, 0) is 27.7 Å². The van der Waals surface area contributed by atoms with E-state index in [0.29, 0.717) is 12.5 Å². The molecular weight excluding hydrogens is 180 g/mol. The van der Waals surface area contributed by atoms with E-state index in [0.717, 1.165) is 19.6 Å². The van der Waals surface area contributed by atoms with Crippen LogP contribution in [0.3, 0.4) is 0 Å². The molecule has 84 valence electrons. The van der Waals surface area contributed by atoms with Gasteiger partial charge in [0.1, 0.15) is 5.60 Å². The molecule has 1 atom stereocenters. The zero-order valence-corrected chi connectivity index (χ0v) is 9.59. The van der Waals surface area contributed by atoms with Crippen LogP contribution >= 0.6 is 0 Å². The lowest BCUT2D eigenvalue weighted by Gasteiger charge is -2.19. The second kappa shape index (κ2) is 6.79. The van der Waals surface area contributed by atoms with Crippen molar-refractivity contribution in [2.45, 2.75) is 39.3 Å². The van der Waals surface area contributed by atoms with Crippen molar-refractivity contribution in [1.82, 2.24) is 10.6 Å². The average molecular weight is 202 g/mol. The van der Waals surface area contributed by atoms with Crippen LogP contribution in [0, 0.1) is 0 Å². The average Bonchev–Trinajstić information content (AvgIpc) is 2.04. The summed E-state index contributed by atoms with van der Waals surface area (Å²) in [5, 5.41) is 6.59. The highest BCUT2D eigenvalue weighted by Gasteiger charge is 2.07. The first-order chi connectivity index (χ1) is 6.45. The van der Waals surface area contributed by atoms with Gasteiger partial charge in [0.2, 0.25) is 0 Å². The molecule has 0 aromatic heterocycles. The van der Waals surface area contributed by atoms with E-state index in [1.807, 2.05) is 20.8 Å². The zero-order chi connectivity index (χ0) is 11.0. The summed E-state index contributed by atoms with van der Waals surface area (Å²) in [7, 11) is 0. The van der Waals surface area contributed by atoms with Gasteiger partial charge >= 0.3 is 0 Å². The van der Waals surface area contributed by atoms with Crippen molar-refractivity contribution in [3.8, 4) is 0 Å². The molecule has 14 heavy (non-hydrogen) atoms. The van der Waals surface area contributed by atoms with Crippen molar-refractivity contribution < 1.29 is 9.53 Å². The number of piperazine rings is 1. The Balaban J connectivity index is 0.000000241. The van der Waals surface area contributed by atoms with Gasteiger partial charge in [0.15, 0.2) is 0 Å². The van der Waals surface area contributed by atoms with E-state index in [9.17, 15) is 4.79 Å². The van der Waals surface area contributed by atoms with Crippen LogP contribution in [0.1, 0.15) is 27.7 Å². The molecule has 0 aromatic carbocycles. The summed E-state index contributed by atoms with van der Waals surface area (Å²) in [6, 6.07) is 0.675. The highest BCUT2D eigenvalue weighted by atomic mass is 16.5. The highest BCUT2D eigenvalue weighted by molar-refractivity contribution is 5.37. The van der Waals surface area contributed by atoms with E-state index >= 15 is 0 Å². The van der Waals surface area contributed by atoms with Crippen molar-refractivity contribution in [3.63, 3.8) is 0 Å². The summed E-state index contributed by atoms with van der Waals surface area (Å²) in [5.41, 5.74) is -0.318. The number of hydrogen-bond acceptors (Lipinski definition) is 4. The fourth-order valence-corrected chi connectivity index (χ4v) is 0.942. The molecule has 0 radical (unpaired) electrons. The molecule has 1 aliphatic heterocycles. The topological polar surface area (TPSA) is 50.4 Å². The SMILES string of the molecule is CC(C)(C)OC=O.C[C@H]1CNCCN1. The molecule has 2 N–H and O–H groups in total. The molecule has 0 unspecified atom stereocenters. The molecule has 0 saturated carbocycles. The lowest BCUT2D eigenvalue weighted by atomic mass is 10.2. The second-order valence-corrected chi connectivity index (χ2v) is 4.39. The zero-order valence-electron chi connectivity index (χ0n) is 9.59. The lowest BCUT2D eigenvalue weighted by Crippen LogP contribution is -2.46. The van der Waals surface area contributed by atoms with Gasteiger partial charge in [0, 0.05) is 25.7 Å². The Kier molecular flexibility index (Phi) is 6.49. The minimum atomic E-state index is -0.318. The van der Waals surface area contributed by atoms with E-state index < -0.39 is 0 Å². The molecule has 1 aliphatic rings. The van der Waals surface area contributed by atoms with Crippen LogP contribution in [0.4, 0.5) is 0 Å². The minimum absolute atomic E-state index is 0.318. The number of hydrogen-bond donors (Lipinski definition) is 2. The highest BCUT2D eigenvalue weighted by Crippen LogP contribution is 2.02. The molecule has 4 heteroatoms. The van der Waals surface area contributed by atoms with Crippen molar-refractivity contribution >= 4 is 6.47 Å². The van der Waals surface area contributed by atoms with Crippen LogP contribution in [0.5, 0.6) is 0 Å². The van der Waals surface area contributed by atoms with Crippen molar-refractivity contribution in [2.24, 2.45) is 0 Å². The van der Waals surface area contributed by atoms with E-state index in [-0.39, 0.29) is 5.60 Å². The molecule has 0 bridgehead atoms. The molecule has 0 amide bonds. The van der Waals surface area contributed by atoms with Gasteiger partial charge in [0.25, 0.3) is 6.47 Å². The third kappa shape index (κ3) is 9.48. The summed E-state index contributed by atoms with van der Waals surface area (Å²) >= 11 is 0. The maximum Gasteiger partial charge on any atom is 0.293 e. The number of rotatable bonds is 1. The Morgan fingerprint density at radius 2 is 2.00 bits per heavy atom. The Labute approximate surface area is 86.4 Å². The van der Waals surface area contributed by atoms with Gasteiger partial charge in [-0.2, -0.15) is 0 Å². The predicted octanol–water partition coefficient (Wildman–Crippen LogP) is 0.526. The first kappa shape index (κ1) is 13.4. The summed E-state index contributed by atoms with van der Waals surface area (Å²) in [6.07, 6.45) is 0. The van der Waals surface area contributed by atoms with Crippen LogP contribution < -0.4 is 10.6 Å². The lowest BCUT2D eigenvalue weighted by molar-refractivity contribution is -0.138. The van der Waals surface area contributed by atoms with Crippen LogP contribution in [0.15, 0.2) is 0 Å². The number of ether oxygens (including phenoxy) is 1. The second-order valence-electron chi connectivity index (χ2n) is 4.39. The quantitative estimate of drug-likeness (QED) is 0.609. The predicted molar refractivity (Wildman–Crippen MR) is 57.2 cm³/mol. The maximum absolute atomic E-state index is 9.60. The Morgan fingerprint density at radius 1 is 1.36 bits per heavy atom. The van der Waals surface area contributed by atoms with E-state index in [2.05, 4.69) is 22.3 Å². The molecule has 0 spiro atoms. The maximum atomic E-state index is 9.60. The minimum Gasteiger partial charge on any atom is -0.462 e. The van der Waals surface area contributed by atoms with Crippen LogP contribution in [-0.4, -0.2) is 37.7 Å². The standard InChI is InChI=1S/C5H12N2.C5H10O2/c1-5-4-6-2-3-7-5;1-5(2,3)7-4-6/h5-7H,2-4H2,1H3;4H,1-3H3/t5-;/m0./s1. The monoisotopic (exact) mass is 202 g/mol. The summed E-state index contributed by atoms with van der Waals surface area (Å²) in [5.74, 6) is 0. The molecule has 1 rings (SSSR count). The summed E-state index contributed by atoms with van der Waals surface area (Å²) in [4.78, 5) is 9.60. The normalized spacial score (nSPS) is 21.9. The van der Waals surface area contributed by atoms with Crippen LogP contribution in [-0.2, 0) is 9.53 Å². The Morgan fingerprint density at radius 3 is 2.14 bits per heavy atom. The van der Waals surface area contributed by atoms with Gasteiger partial charge in [-0.3, -0.25) is 4.79 Å². The Hall–Kier alpha value is -0.610. The van der Waals surface area contributed by atoms with E-state index in [1.54, 1.807) is 0 Å². The molecule has 1 heterocycles. The number of carbonyl (C=O) groups is 1. The summed E-state index contributed by atoms with van der Waals surface area (Å²) < 4.78 is 4.55. The first-order valence-corrected chi connectivity index (χ1v) is 5.01. The van der Waals surface area contributed by atoms with Gasteiger partial charge in [-0.1, -0.05) is 0 Å². The third-order valence-corrected chi connectivity index (χ3v) is 1.65. The largest absolute Gasteiger partial charge is 0.462 e. The molecule has 1 saturated heterocycles. The smallest absolute Gasteiger partial charge is 0.293 e. The fraction of sp³-hybridized carbons (Fsp3) is 0.900. The molecule has 1 fully saturated rings. The molecule has 0 aromatic rings. The van der Waals surface area contributed by atoms with E-state index in [4.69, 9.17) is 0 Å². The first-order valence-electron chi connectivity index (χ1n) is 5.01. The van der Waals surface area contributed by atoms with Gasteiger partial charge < -0.3 is 15.4 Å². The van der Waals surface area contributed by atoms with Gasteiger partial charge in [0.05, 0.1) is 0 Å². The van der Waals surface area contributed by atoms with Crippen LogP contribution in [0.2, 0.25) is 0 Å².